The molecule has 1 N–H and O–H groups in total. The van der Waals surface area contributed by atoms with E-state index in [0.29, 0.717) is 43.5 Å². The van der Waals surface area contributed by atoms with Gasteiger partial charge in [0.25, 0.3) is 5.91 Å². The number of ether oxygens (including phenoxy) is 2. The van der Waals surface area contributed by atoms with Gasteiger partial charge in [-0.3, -0.25) is 9.59 Å². The van der Waals surface area contributed by atoms with Crippen molar-refractivity contribution in [3.8, 4) is 0 Å². The van der Waals surface area contributed by atoms with Gasteiger partial charge in [-0.25, -0.2) is 9.97 Å². The number of rotatable bonds is 7. The first-order valence-electron chi connectivity index (χ1n) is 9.97. The predicted octanol–water partition coefficient (Wildman–Crippen LogP) is 2.46. The maximum absolute atomic E-state index is 12.8. The number of anilines is 1. The summed E-state index contributed by atoms with van der Waals surface area (Å²) >= 11 is 1.38. The number of nitrogens with one attached hydrogen (secondary N) is 1. The standard InChI is InChI=1S/C20H28N4O4S/c1-5-28-20(26)12(2)6-7-21-18(25)16-13(3)15-17(24-8-10-27-11-9-24)22-14(4)23-19(15)29-16/h12H,5-11H2,1-4H3,(H,21,25). The first kappa shape index (κ1) is 21.4. The summed E-state index contributed by atoms with van der Waals surface area (Å²) in [5, 5.41) is 3.86. The molecule has 29 heavy (non-hydrogen) atoms. The molecule has 0 spiro atoms. The third kappa shape index (κ3) is 4.84. The van der Waals surface area contributed by atoms with E-state index in [2.05, 4.69) is 20.2 Å². The van der Waals surface area contributed by atoms with Crippen LogP contribution in [0.25, 0.3) is 10.2 Å². The molecule has 0 aromatic carbocycles. The summed E-state index contributed by atoms with van der Waals surface area (Å²) in [6.45, 7) is 11.1. The SMILES string of the molecule is CCOC(=O)C(C)CCNC(=O)c1sc2nc(C)nc(N3CCOCC3)c2c1C. The lowest BCUT2D eigenvalue weighted by Crippen LogP contribution is -2.37. The Balaban J connectivity index is 1.77. The van der Waals surface area contributed by atoms with Gasteiger partial charge in [0, 0.05) is 19.6 Å². The van der Waals surface area contributed by atoms with Crippen molar-refractivity contribution in [2.45, 2.75) is 34.1 Å². The Morgan fingerprint density at radius 2 is 2.00 bits per heavy atom. The maximum atomic E-state index is 12.8. The molecule has 1 amide bonds. The smallest absolute Gasteiger partial charge is 0.308 e. The number of aryl methyl sites for hydroxylation is 2. The van der Waals surface area contributed by atoms with Gasteiger partial charge in [0.1, 0.15) is 16.5 Å². The summed E-state index contributed by atoms with van der Waals surface area (Å²) < 4.78 is 10.5. The zero-order valence-corrected chi connectivity index (χ0v) is 18.2. The number of aromatic nitrogens is 2. The van der Waals surface area contributed by atoms with E-state index >= 15 is 0 Å². The van der Waals surface area contributed by atoms with Crippen molar-refractivity contribution in [3.63, 3.8) is 0 Å². The zero-order valence-electron chi connectivity index (χ0n) is 17.4. The highest BCUT2D eigenvalue weighted by Gasteiger charge is 2.24. The average Bonchev–Trinajstić information content (AvgIpc) is 3.04. The zero-order chi connectivity index (χ0) is 21.0. The molecule has 1 aliphatic heterocycles. The average molecular weight is 421 g/mol. The summed E-state index contributed by atoms with van der Waals surface area (Å²) in [4.78, 5) is 37.4. The van der Waals surface area contributed by atoms with Crippen LogP contribution in [-0.2, 0) is 14.3 Å². The van der Waals surface area contributed by atoms with Gasteiger partial charge in [0.15, 0.2) is 0 Å². The third-order valence-electron chi connectivity index (χ3n) is 4.95. The Hall–Kier alpha value is -2.26. The van der Waals surface area contributed by atoms with Crippen LogP contribution in [0.4, 0.5) is 5.82 Å². The molecule has 1 aliphatic rings. The Kier molecular flexibility index (Phi) is 7.02. The lowest BCUT2D eigenvalue weighted by molar-refractivity contribution is -0.147. The van der Waals surface area contributed by atoms with Crippen molar-refractivity contribution in [1.82, 2.24) is 15.3 Å². The minimum absolute atomic E-state index is 0.146. The minimum Gasteiger partial charge on any atom is -0.466 e. The molecule has 158 valence electrons. The topological polar surface area (TPSA) is 93.6 Å². The second-order valence-corrected chi connectivity index (χ2v) is 8.13. The van der Waals surface area contributed by atoms with Gasteiger partial charge in [0.2, 0.25) is 0 Å². The van der Waals surface area contributed by atoms with Gasteiger partial charge in [-0.1, -0.05) is 6.92 Å². The van der Waals surface area contributed by atoms with E-state index in [9.17, 15) is 9.59 Å². The number of esters is 1. The predicted molar refractivity (Wildman–Crippen MR) is 113 cm³/mol. The molecule has 9 heteroatoms. The Labute approximate surface area is 174 Å². The fraction of sp³-hybridized carbons (Fsp3) is 0.600. The van der Waals surface area contributed by atoms with Crippen LogP contribution in [-0.4, -0.2) is 61.3 Å². The van der Waals surface area contributed by atoms with E-state index in [1.54, 1.807) is 6.92 Å². The maximum Gasteiger partial charge on any atom is 0.308 e. The van der Waals surface area contributed by atoms with Crippen molar-refractivity contribution >= 4 is 39.2 Å². The molecule has 1 unspecified atom stereocenters. The Morgan fingerprint density at radius 3 is 2.69 bits per heavy atom. The van der Waals surface area contributed by atoms with E-state index < -0.39 is 0 Å². The van der Waals surface area contributed by atoms with Gasteiger partial charge in [-0.05, 0) is 32.8 Å². The molecule has 1 fully saturated rings. The van der Waals surface area contributed by atoms with Crippen LogP contribution in [0.5, 0.6) is 0 Å². The number of amides is 1. The van der Waals surface area contributed by atoms with E-state index in [1.807, 2.05) is 20.8 Å². The van der Waals surface area contributed by atoms with E-state index in [0.717, 1.165) is 34.7 Å². The molecule has 0 bridgehead atoms. The van der Waals surface area contributed by atoms with Crippen LogP contribution in [0.1, 0.15) is 41.3 Å². The molecular formula is C20H28N4O4S. The van der Waals surface area contributed by atoms with Crippen LogP contribution in [0.15, 0.2) is 0 Å². The number of hydrogen-bond donors (Lipinski definition) is 1. The minimum atomic E-state index is -0.250. The first-order chi connectivity index (χ1) is 13.9. The molecule has 1 saturated heterocycles. The number of hydrogen-bond acceptors (Lipinski definition) is 8. The molecule has 3 rings (SSSR count). The molecule has 0 radical (unpaired) electrons. The van der Waals surface area contributed by atoms with Gasteiger partial charge in [-0.2, -0.15) is 0 Å². The van der Waals surface area contributed by atoms with E-state index in [1.165, 1.54) is 11.3 Å². The first-order valence-corrected chi connectivity index (χ1v) is 10.8. The summed E-state index contributed by atoms with van der Waals surface area (Å²) in [7, 11) is 0. The summed E-state index contributed by atoms with van der Waals surface area (Å²) in [5.41, 5.74) is 0.891. The van der Waals surface area contributed by atoms with Crippen LogP contribution >= 0.6 is 11.3 Å². The third-order valence-corrected chi connectivity index (χ3v) is 6.14. The second kappa shape index (κ2) is 9.49. The van der Waals surface area contributed by atoms with Gasteiger partial charge >= 0.3 is 5.97 Å². The summed E-state index contributed by atoms with van der Waals surface area (Å²) in [5.74, 6) is 0.933. The molecule has 8 nitrogen and oxygen atoms in total. The normalized spacial score (nSPS) is 15.4. The van der Waals surface area contributed by atoms with Crippen molar-refractivity contribution in [2.24, 2.45) is 5.92 Å². The molecule has 2 aromatic rings. The number of carbonyl (C=O) groups excluding carboxylic acids is 2. The van der Waals surface area contributed by atoms with E-state index in [-0.39, 0.29) is 17.8 Å². The number of nitrogens with zero attached hydrogens (tertiary/aromatic N) is 3. The van der Waals surface area contributed by atoms with E-state index in [4.69, 9.17) is 9.47 Å². The monoisotopic (exact) mass is 420 g/mol. The molecular weight excluding hydrogens is 392 g/mol. The highest BCUT2D eigenvalue weighted by Crippen LogP contribution is 2.35. The Morgan fingerprint density at radius 1 is 1.28 bits per heavy atom. The molecule has 0 saturated carbocycles. The molecule has 0 aliphatic carbocycles. The highest BCUT2D eigenvalue weighted by molar-refractivity contribution is 7.20. The van der Waals surface area contributed by atoms with Crippen molar-refractivity contribution in [1.29, 1.82) is 0 Å². The molecule has 2 aromatic heterocycles. The number of thiophene rings is 1. The number of morpholine rings is 1. The number of fused-ring (bicyclic) bond motifs is 1. The summed E-state index contributed by atoms with van der Waals surface area (Å²) in [6.07, 6.45) is 0.534. The second-order valence-electron chi connectivity index (χ2n) is 7.13. The van der Waals surface area contributed by atoms with Gasteiger partial charge in [-0.15, -0.1) is 11.3 Å². The molecule has 3 heterocycles. The molecule has 1 atom stereocenters. The van der Waals surface area contributed by atoms with Crippen molar-refractivity contribution in [2.75, 3.05) is 44.4 Å². The summed E-state index contributed by atoms with van der Waals surface area (Å²) in [6, 6.07) is 0. The van der Waals surface area contributed by atoms with Crippen LogP contribution in [0.2, 0.25) is 0 Å². The van der Waals surface area contributed by atoms with Crippen LogP contribution in [0, 0.1) is 19.8 Å². The Bertz CT molecular complexity index is 892. The number of carbonyl (C=O) groups is 2. The highest BCUT2D eigenvalue weighted by atomic mass is 32.1. The van der Waals surface area contributed by atoms with Crippen molar-refractivity contribution in [3.05, 3.63) is 16.3 Å². The van der Waals surface area contributed by atoms with Gasteiger partial charge < -0.3 is 19.7 Å². The lowest BCUT2D eigenvalue weighted by Gasteiger charge is -2.28. The fourth-order valence-corrected chi connectivity index (χ4v) is 4.46. The fourth-order valence-electron chi connectivity index (χ4n) is 3.33. The van der Waals surface area contributed by atoms with Crippen LogP contribution < -0.4 is 10.2 Å². The van der Waals surface area contributed by atoms with Gasteiger partial charge in [0.05, 0.1) is 36.0 Å². The lowest BCUT2D eigenvalue weighted by atomic mass is 10.1. The largest absolute Gasteiger partial charge is 0.466 e. The van der Waals surface area contributed by atoms with Crippen LogP contribution in [0.3, 0.4) is 0 Å². The quantitative estimate of drug-likeness (QED) is 0.688. The van der Waals surface area contributed by atoms with Crippen molar-refractivity contribution < 1.29 is 19.1 Å².